The Bertz CT molecular complexity index is 627. The van der Waals surface area contributed by atoms with Gasteiger partial charge in [0, 0.05) is 59.2 Å². The lowest BCUT2D eigenvalue weighted by Gasteiger charge is -2.48. The maximum absolute atomic E-state index is 14.9. The van der Waals surface area contributed by atoms with Crippen LogP contribution in [-0.4, -0.2) is 43.1 Å². The third-order valence-electron chi connectivity index (χ3n) is 4.69. The van der Waals surface area contributed by atoms with E-state index in [1.807, 2.05) is 0 Å². The molecule has 2 bridgehead atoms. The minimum Gasteiger partial charge on any atom is -0.367 e. The highest BCUT2D eigenvalue weighted by atomic mass is 19.1. The van der Waals surface area contributed by atoms with Crippen LogP contribution in [-0.2, 0) is 26.5 Å². The first-order chi connectivity index (χ1) is 10.9. The third kappa shape index (κ3) is 2.68. The molecule has 3 aliphatic rings. The Morgan fingerprint density at radius 1 is 1.52 bits per heavy atom. The lowest BCUT2D eigenvalue weighted by atomic mass is 9.69. The van der Waals surface area contributed by atoms with Crippen molar-refractivity contribution in [2.45, 2.75) is 44.3 Å². The van der Waals surface area contributed by atoms with Gasteiger partial charge in [-0.15, -0.1) is 0 Å². The molecule has 6 nitrogen and oxygen atoms in total. The average molecular weight is 323 g/mol. The van der Waals surface area contributed by atoms with Crippen LogP contribution in [0, 0.1) is 0 Å². The molecule has 0 aromatic carbocycles. The Labute approximate surface area is 135 Å². The number of carbonyl (C=O) groups excluding carboxylic acids is 1. The van der Waals surface area contributed by atoms with E-state index in [-0.39, 0.29) is 11.9 Å². The van der Waals surface area contributed by atoms with E-state index in [9.17, 15) is 9.18 Å². The number of rotatable bonds is 5. The molecule has 126 valence electrons. The van der Waals surface area contributed by atoms with Gasteiger partial charge in [-0.25, -0.2) is 9.37 Å². The molecule has 1 fully saturated rings. The number of aromatic nitrogens is 1. The molecule has 23 heavy (non-hydrogen) atoms. The van der Waals surface area contributed by atoms with Gasteiger partial charge in [0.15, 0.2) is 0 Å². The second-order valence-corrected chi connectivity index (χ2v) is 6.32. The molecule has 3 heterocycles. The van der Waals surface area contributed by atoms with Crippen molar-refractivity contribution in [3.63, 3.8) is 0 Å². The summed E-state index contributed by atoms with van der Waals surface area (Å²) in [5.74, 6) is 0.482. The van der Waals surface area contributed by atoms with E-state index < -0.39 is 12.0 Å². The molecule has 1 amide bonds. The second-order valence-electron chi connectivity index (χ2n) is 6.32. The fraction of sp³-hybridized carbons (Fsp3) is 0.625. The van der Waals surface area contributed by atoms with Gasteiger partial charge >= 0.3 is 0 Å². The van der Waals surface area contributed by atoms with Gasteiger partial charge < -0.3 is 19.7 Å². The minimum atomic E-state index is -1.31. The van der Waals surface area contributed by atoms with E-state index in [0.29, 0.717) is 36.5 Å². The molecule has 0 saturated heterocycles. The predicted molar refractivity (Wildman–Crippen MR) is 82.6 cm³/mol. The first-order valence-electron chi connectivity index (χ1n) is 7.65. The summed E-state index contributed by atoms with van der Waals surface area (Å²) in [5, 5.41) is 3.26. The highest BCUT2D eigenvalue weighted by Crippen LogP contribution is 2.53. The maximum atomic E-state index is 14.9. The second kappa shape index (κ2) is 5.72. The van der Waals surface area contributed by atoms with Crippen molar-refractivity contribution in [3.05, 3.63) is 22.9 Å². The van der Waals surface area contributed by atoms with Crippen LogP contribution < -0.4 is 5.32 Å². The smallest absolute Gasteiger partial charge is 0.219 e. The lowest BCUT2D eigenvalue weighted by Crippen LogP contribution is -2.50. The number of carbonyl (C=O) groups is 1. The summed E-state index contributed by atoms with van der Waals surface area (Å²) >= 11 is 0. The van der Waals surface area contributed by atoms with Gasteiger partial charge in [0.2, 0.25) is 12.2 Å². The zero-order chi connectivity index (χ0) is 16.8. The minimum absolute atomic E-state index is 0.0724. The van der Waals surface area contributed by atoms with E-state index in [1.54, 1.807) is 18.0 Å². The molecular formula is C16H22FN3O3. The van der Waals surface area contributed by atoms with E-state index in [1.165, 1.54) is 21.1 Å². The van der Waals surface area contributed by atoms with Crippen LogP contribution in [0.5, 0.6) is 0 Å². The zero-order valence-corrected chi connectivity index (χ0v) is 13.9. The number of hydrogen-bond donors (Lipinski definition) is 1. The number of alkyl halides is 1. The summed E-state index contributed by atoms with van der Waals surface area (Å²) < 4.78 is 25.5. The van der Waals surface area contributed by atoms with Gasteiger partial charge in [-0.1, -0.05) is 0 Å². The van der Waals surface area contributed by atoms with Crippen molar-refractivity contribution < 1.29 is 18.7 Å². The molecule has 1 saturated carbocycles. The molecule has 1 aliphatic carbocycles. The van der Waals surface area contributed by atoms with Crippen LogP contribution in [0.4, 0.5) is 10.2 Å². The lowest BCUT2D eigenvalue weighted by molar-refractivity contribution is -0.128. The van der Waals surface area contributed by atoms with Crippen LogP contribution in [0.3, 0.4) is 0 Å². The quantitative estimate of drug-likeness (QED) is 0.841. The molecule has 1 aromatic rings. The summed E-state index contributed by atoms with van der Waals surface area (Å²) in [6.07, 6.45) is 0.286. The Kier molecular flexibility index (Phi) is 4.01. The fourth-order valence-electron chi connectivity index (χ4n) is 3.27. The van der Waals surface area contributed by atoms with Crippen molar-refractivity contribution in [2.24, 2.45) is 0 Å². The van der Waals surface area contributed by atoms with Gasteiger partial charge in [0.05, 0.1) is 0 Å². The van der Waals surface area contributed by atoms with Gasteiger partial charge in [-0.3, -0.25) is 4.79 Å². The van der Waals surface area contributed by atoms with Crippen molar-refractivity contribution in [3.8, 4) is 0 Å². The number of pyridine rings is 1. The summed E-state index contributed by atoms with van der Waals surface area (Å²) in [5.41, 5.74) is 0.566. The van der Waals surface area contributed by atoms with E-state index in [4.69, 9.17) is 9.47 Å². The number of halogens is 1. The molecule has 1 aromatic heterocycles. The summed E-state index contributed by atoms with van der Waals surface area (Å²) in [6.45, 7) is 1.82. The summed E-state index contributed by atoms with van der Waals surface area (Å²) in [4.78, 5) is 17.7. The Morgan fingerprint density at radius 3 is 2.74 bits per heavy atom. The molecule has 0 radical (unpaired) electrons. The monoisotopic (exact) mass is 323 g/mol. The predicted octanol–water partition coefficient (Wildman–Crippen LogP) is 2.10. The first kappa shape index (κ1) is 16.1. The van der Waals surface area contributed by atoms with Crippen molar-refractivity contribution >= 4 is 11.7 Å². The molecule has 1 N–H and O–H groups in total. The highest BCUT2D eigenvalue weighted by Gasteiger charge is 2.52. The van der Waals surface area contributed by atoms with Crippen LogP contribution in [0.15, 0.2) is 6.07 Å². The number of anilines is 1. The number of nitrogens with one attached hydrogen (secondary N) is 1. The van der Waals surface area contributed by atoms with Crippen molar-refractivity contribution in [1.82, 2.24) is 9.88 Å². The number of amides is 1. The number of ether oxygens (including phenoxy) is 2. The highest BCUT2D eigenvalue weighted by molar-refractivity contribution is 5.73. The molecule has 4 rings (SSSR count). The van der Waals surface area contributed by atoms with E-state index in [2.05, 4.69) is 10.3 Å². The SMILES string of the molecule is COC(OC)c1nc2c(cc1CN(C)C(C)=O)C1(F)CC(C1)N2. The Balaban J connectivity index is 2.05. The van der Waals surface area contributed by atoms with Crippen LogP contribution in [0.25, 0.3) is 0 Å². The third-order valence-corrected chi connectivity index (χ3v) is 4.69. The molecular weight excluding hydrogens is 301 g/mol. The Morgan fingerprint density at radius 2 is 2.17 bits per heavy atom. The van der Waals surface area contributed by atoms with E-state index >= 15 is 0 Å². The van der Waals surface area contributed by atoms with Crippen molar-refractivity contribution in [2.75, 3.05) is 26.6 Å². The molecule has 0 unspecified atom stereocenters. The van der Waals surface area contributed by atoms with Gasteiger partial charge in [0.1, 0.15) is 17.2 Å². The van der Waals surface area contributed by atoms with E-state index in [0.717, 1.165) is 5.56 Å². The van der Waals surface area contributed by atoms with Gasteiger partial charge in [-0.2, -0.15) is 0 Å². The average Bonchev–Trinajstić information content (AvgIpc) is 2.48. The molecule has 2 aliphatic heterocycles. The van der Waals surface area contributed by atoms with Gasteiger partial charge in [-0.05, 0) is 11.6 Å². The van der Waals surface area contributed by atoms with Gasteiger partial charge in [0.25, 0.3) is 0 Å². The first-order valence-corrected chi connectivity index (χ1v) is 7.65. The fourth-order valence-corrected chi connectivity index (χ4v) is 3.27. The topological polar surface area (TPSA) is 63.7 Å². The number of nitrogens with zero attached hydrogens (tertiary/aromatic N) is 2. The van der Waals surface area contributed by atoms with Crippen LogP contribution in [0.1, 0.15) is 42.9 Å². The number of hydrogen-bond acceptors (Lipinski definition) is 5. The summed E-state index contributed by atoms with van der Waals surface area (Å²) in [7, 11) is 4.74. The summed E-state index contributed by atoms with van der Waals surface area (Å²) in [6, 6.07) is 1.94. The largest absolute Gasteiger partial charge is 0.367 e. The molecule has 0 atom stereocenters. The molecule has 0 spiro atoms. The normalized spacial score (nSPS) is 24.7. The Hall–Kier alpha value is -1.73. The molecule has 7 heteroatoms. The number of methoxy groups -OCH3 is 2. The van der Waals surface area contributed by atoms with Crippen LogP contribution in [0.2, 0.25) is 0 Å². The standard InChI is InChI=1S/C16H22FN3O3/c1-9(21)20(2)8-10-5-12-14(18-11-6-16(12,17)7-11)19-13(10)15(22-3)23-4/h5,11,15H,6-8H2,1-4H3,(H,18,19). The van der Waals surface area contributed by atoms with Crippen LogP contribution >= 0.6 is 0 Å². The maximum Gasteiger partial charge on any atom is 0.219 e. The van der Waals surface area contributed by atoms with Crippen molar-refractivity contribution in [1.29, 1.82) is 0 Å². The zero-order valence-electron chi connectivity index (χ0n) is 13.9.